The van der Waals surface area contributed by atoms with E-state index < -0.39 is 6.10 Å². The smallest absolute Gasteiger partial charge is 0.202 e. The molecule has 0 fully saturated rings. The van der Waals surface area contributed by atoms with Gasteiger partial charge < -0.3 is 15.4 Å². The van der Waals surface area contributed by atoms with Crippen molar-refractivity contribution in [1.82, 2.24) is 9.55 Å². The van der Waals surface area contributed by atoms with Gasteiger partial charge in [-0.3, -0.25) is 0 Å². The molecule has 3 N–H and O–H groups in total. The molecule has 0 amide bonds. The fraction of sp³-hybridized carbons (Fsp3) is 0.571. The average molecular weight is 190 g/mol. The zero-order valence-electron chi connectivity index (χ0n) is 7.03. The van der Waals surface area contributed by atoms with Gasteiger partial charge in [0, 0.05) is 13.1 Å². The second-order valence-electron chi connectivity index (χ2n) is 2.82. The summed E-state index contributed by atoms with van der Waals surface area (Å²) >= 11 is 5.68. The Labute approximate surface area is 76.0 Å². The SMILES string of the molecule is CC(N)C(O)c1cnc(Cl)n1C. The predicted octanol–water partition coefficient (Wildman–Crippen LogP) is 0.454. The summed E-state index contributed by atoms with van der Waals surface area (Å²) in [5, 5.41) is 9.90. The van der Waals surface area contributed by atoms with E-state index in [2.05, 4.69) is 4.98 Å². The normalized spacial score (nSPS) is 16.1. The first-order chi connectivity index (χ1) is 5.54. The van der Waals surface area contributed by atoms with Crippen molar-refractivity contribution in [1.29, 1.82) is 0 Å². The van der Waals surface area contributed by atoms with Crippen LogP contribution in [0.1, 0.15) is 18.7 Å². The molecule has 0 aliphatic rings. The first kappa shape index (κ1) is 9.51. The standard InChI is InChI=1S/C7H12ClN3O/c1-4(9)6(12)5-3-10-7(8)11(5)2/h3-4,6,12H,9H2,1-2H3. The van der Waals surface area contributed by atoms with Crippen LogP contribution < -0.4 is 5.73 Å². The number of rotatable bonds is 2. The molecule has 1 rings (SSSR count). The summed E-state index contributed by atoms with van der Waals surface area (Å²) in [6.45, 7) is 1.73. The Kier molecular flexibility index (Phi) is 2.72. The van der Waals surface area contributed by atoms with Crippen molar-refractivity contribution in [2.75, 3.05) is 0 Å². The van der Waals surface area contributed by atoms with Crippen LogP contribution in [0.25, 0.3) is 0 Å². The van der Waals surface area contributed by atoms with Gasteiger partial charge in [0.2, 0.25) is 5.28 Å². The Morgan fingerprint density at radius 1 is 1.75 bits per heavy atom. The molecule has 5 heteroatoms. The fourth-order valence-electron chi connectivity index (χ4n) is 0.943. The van der Waals surface area contributed by atoms with E-state index in [1.54, 1.807) is 18.5 Å². The van der Waals surface area contributed by atoms with E-state index in [9.17, 15) is 5.11 Å². The van der Waals surface area contributed by atoms with Crippen LogP contribution in [0.4, 0.5) is 0 Å². The maximum atomic E-state index is 9.55. The zero-order chi connectivity index (χ0) is 9.30. The number of hydrogen-bond donors (Lipinski definition) is 2. The molecule has 0 aromatic carbocycles. The van der Waals surface area contributed by atoms with Crippen LogP contribution in [0.5, 0.6) is 0 Å². The maximum absolute atomic E-state index is 9.55. The van der Waals surface area contributed by atoms with Crippen LogP contribution in [0.15, 0.2) is 6.20 Å². The third kappa shape index (κ3) is 1.60. The second kappa shape index (κ2) is 3.43. The molecule has 68 valence electrons. The van der Waals surface area contributed by atoms with Crippen LogP contribution in [-0.4, -0.2) is 20.7 Å². The van der Waals surface area contributed by atoms with E-state index >= 15 is 0 Å². The third-order valence-electron chi connectivity index (χ3n) is 1.77. The van der Waals surface area contributed by atoms with E-state index in [1.807, 2.05) is 0 Å². The van der Waals surface area contributed by atoms with Gasteiger partial charge in [-0.2, -0.15) is 0 Å². The highest BCUT2D eigenvalue weighted by atomic mass is 35.5. The van der Waals surface area contributed by atoms with Gasteiger partial charge in [0.25, 0.3) is 0 Å². The molecular formula is C7H12ClN3O. The van der Waals surface area contributed by atoms with Crippen molar-refractivity contribution < 1.29 is 5.11 Å². The van der Waals surface area contributed by atoms with E-state index in [4.69, 9.17) is 17.3 Å². The molecular weight excluding hydrogens is 178 g/mol. The number of hydrogen-bond acceptors (Lipinski definition) is 3. The lowest BCUT2D eigenvalue weighted by Gasteiger charge is -2.14. The number of aliphatic hydroxyl groups is 1. The lowest BCUT2D eigenvalue weighted by molar-refractivity contribution is 0.145. The summed E-state index contributed by atoms with van der Waals surface area (Å²) in [6.07, 6.45) is 0.811. The highest BCUT2D eigenvalue weighted by Gasteiger charge is 2.17. The molecule has 0 saturated heterocycles. The van der Waals surface area contributed by atoms with Gasteiger partial charge in [-0.15, -0.1) is 0 Å². The average Bonchev–Trinajstić information content (AvgIpc) is 2.32. The molecule has 1 aromatic rings. The molecule has 12 heavy (non-hydrogen) atoms. The monoisotopic (exact) mass is 189 g/mol. The van der Waals surface area contributed by atoms with Gasteiger partial charge in [0.15, 0.2) is 0 Å². The van der Waals surface area contributed by atoms with Gasteiger partial charge >= 0.3 is 0 Å². The molecule has 0 saturated carbocycles. The first-order valence-electron chi connectivity index (χ1n) is 3.64. The van der Waals surface area contributed by atoms with Crippen LogP contribution in [0, 0.1) is 0 Å². The Morgan fingerprint density at radius 3 is 2.67 bits per heavy atom. The Bertz CT molecular complexity index is 272. The molecule has 0 radical (unpaired) electrons. The van der Waals surface area contributed by atoms with E-state index in [0.717, 1.165) is 0 Å². The molecule has 0 aliphatic carbocycles. The summed E-state index contributed by atoms with van der Waals surface area (Å²) in [7, 11) is 1.73. The Morgan fingerprint density at radius 2 is 2.33 bits per heavy atom. The van der Waals surface area contributed by atoms with Crippen molar-refractivity contribution >= 4 is 11.6 Å². The van der Waals surface area contributed by atoms with E-state index in [0.29, 0.717) is 11.0 Å². The minimum absolute atomic E-state index is 0.323. The lowest BCUT2D eigenvalue weighted by atomic mass is 10.1. The quantitative estimate of drug-likeness (QED) is 0.710. The molecule has 0 aliphatic heterocycles. The van der Waals surface area contributed by atoms with Gasteiger partial charge in [0.05, 0.1) is 11.9 Å². The van der Waals surface area contributed by atoms with Crippen LogP contribution >= 0.6 is 11.6 Å². The van der Waals surface area contributed by atoms with Gasteiger partial charge in [-0.05, 0) is 18.5 Å². The number of imidazole rings is 1. The second-order valence-corrected chi connectivity index (χ2v) is 3.15. The molecule has 1 heterocycles. The highest BCUT2D eigenvalue weighted by molar-refractivity contribution is 6.28. The lowest BCUT2D eigenvalue weighted by Crippen LogP contribution is -2.25. The predicted molar refractivity (Wildman–Crippen MR) is 46.8 cm³/mol. The highest BCUT2D eigenvalue weighted by Crippen LogP contribution is 2.17. The Balaban J connectivity index is 2.95. The van der Waals surface area contributed by atoms with Crippen LogP contribution in [0.2, 0.25) is 5.28 Å². The van der Waals surface area contributed by atoms with Crippen molar-refractivity contribution in [2.45, 2.75) is 19.1 Å². The van der Waals surface area contributed by atoms with Gasteiger partial charge in [-0.1, -0.05) is 0 Å². The Hall–Kier alpha value is -0.580. The maximum Gasteiger partial charge on any atom is 0.202 e. The third-order valence-corrected chi connectivity index (χ3v) is 2.12. The van der Waals surface area contributed by atoms with Crippen LogP contribution in [0.3, 0.4) is 0 Å². The number of aromatic nitrogens is 2. The number of nitrogens with two attached hydrogens (primary N) is 1. The number of nitrogens with zero attached hydrogens (tertiary/aromatic N) is 2. The number of aliphatic hydroxyl groups excluding tert-OH is 1. The van der Waals surface area contributed by atoms with Crippen molar-refractivity contribution in [3.63, 3.8) is 0 Å². The zero-order valence-corrected chi connectivity index (χ0v) is 7.78. The van der Waals surface area contributed by atoms with Gasteiger partial charge in [-0.25, -0.2) is 4.98 Å². The summed E-state index contributed by atoms with van der Waals surface area (Å²) < 4.78 is 1.61. The summed E-state index contributed by atoms with van der Waals surface area (Å²) in [6, 6.07) is -0.323. The van der Waals surface area contributed by atoms with E-state index in [-0.39, 0.29) is 6.04 Å². The molecule has 0 spiro atoms. The summed E-state index contributed by atoms with van der Waals surface area (Å²) in [5.41, 5.74) is 6.15. The summed E-state index contributed by atoms with van der Waals surface area (Å²) in [5.74, 6) is 0. The van der Waals surface area contributed by atoms with E-state index in [1.165, 1.54) is 6.20 Å². The van der Waals surface area contributed by atoms with Crippen molar-refractivity contribution in [3.05, 3.63) is 17.2 Å². The first-order valence-corrected chi connectivity index (χ1v) is 4.02. The van der Waals surface area contributed by atoms with Crippen molar-refractivity contribution in [2.24, 2.45) is 12.8 Å². The molecule has 4 nitrogen and oxygen atoms in total. The van der Waals surface area contributed by atoms with Crippen LogP contribution in [-0.2, 0) is 7.05 Å². The fourth-order valence-corrected chi connectivity index (χ4v) is 1.09. The number of halogens is 1. The summed E-state index contributed by atoms with van der Waals surface area (Å²) in [4.78, 5) is 3.83. The molecule has 1 aromatic heterocycles. The topological polar surface area (TPSA) is 64.1 Å². The largest absolute Gasteiger partial charge is 0.385 e. The minimum Gasteiger partial charge on any atom is -0.385 e. The van der Waals surface area contributed by atoms with Gasteiger partial charge in [0.1, 0.15) is 6.10 Å². The molecule has 0 bridgehead atoms. The minimum atomic E-state index is -0.713. The molecule has 2 unspecified atom stereocenters. The molecule has 2 atom stereocenters. The van der Waals surface area contributed by atoms with Crippen molar-refractivity contribution in [3.8, 4) is 0 Å².